The van der Waals surface area contributed by atoms with E-state index in [0.717, 1.165) is 52.8 Å². The molecule has 2 amide bonds. The predicted molar refractivity (Wildman–Crippen MR) is 180 cm³/mol. The van der Waals surface area contributed by atoms with Gasteiger partial charge in [-0.25, -0.2) is 0 Å². The summed E-state index contributed by atoms with van der Waals surface area (Å²) in [4.78, 5) is 26.2. The summed E-state index contributed by atoms with van der Waals surface area (Å²) in [6, 6.07) is 12.2. The van der Waals surface area contributed by atoms with Crippen molar-refractivity contribution in [3.05, 3.63) is 72.1 Å². The van der Waals surface area contributed by atoms with Gasteiger partial charge in [-0.05, 0) is 78.0 Å². The van der Waals surface area contributed by atoms with Gasteiger partial charge < -0.3 is 30.5 Å². The van der Waals surface area contributed by atoms with Gasteiger partial charge >= 0.3 is 0 Å². The molecule has 0 aliphatic rings. The third kappa shape index (κ3) is 8.21. The molecule has 40 heavy (non-hydrogen) atoms. The summed E-state index contributed by atoms with van der Waals surface area (Å²) < 4.78 is 15.9. The lowest BCUT2D eigenvalue weighted by Crippen LogP contribution is -2.22. The molecule has 214 valence electrons. The van der Waals surface area contributed by atoms with Crippen molar-refractivity contribution in [3.63, 3.8) is 0 Å². The number of hydrogen-bond donors (Lipinski definition) is 3. The molecule has 0 bridgehead atoms. The highest BCUT2D eigenvalue weighted by molar-refractivity contribution is 14.1. The molecule has 0 aliphatic carbocycles. The van der Waals surface area contributed by atoms with E-state index in [9.17, 15) is 9.59 Å². The summed E-state index contributed by atoms with van der Waals surface area (Å²) in [6.45, 7) is 10.7. The Morgan fingerprint density at radius 1 is 1.02 bits per heavy atom. The van der Waals surface area contributed by atoms with Crippen molar-refractivity contribution in [3.8, 4) is 0 Å². The standard InChI is InChI=1S/C15H20BrIN2O2Si.C13H13BrN2O2/c1-22(2,3)7-6-21-9-19-13(17)8-11-12(16)5-4-10(14(11)19)15(18)20;1-2-18-6-5-8-7-10-11(14)4-3-9(13(15)17)12(10)16-8/h4-5,8H,6-7,9H2,1-3H3,(H2,18,20);3-7,16H,2H2,1H3,(H2,15,17)/b;6-5+. The first-order valence-electron chi connectivity index (χ1n) is 12.6. The molecule has 0 fully saturated rings. The van der Waals surface area contributed by atoms with Crippen molar-refractivity contribution < 1.29 is 19.1 Å². The van der Waals surface area contributed by atoms with Crippen molar-refractivity contribution in [1.82, 2.24) is 9.55 Å². The topological polar surface area (TPSA) is 125 Å². The van der Waals surface area contributed by atoms with Gasteiger partial charge in [0.2, 0.25) is 0 Å². The highest BCUT2D eigenvalue weighted by Crippen LogP contribution is 2.31. The molecule has 5 N–H and O–H groups in total. The van der Waals surface area contributed by atoms with E-state index in [1.165, 1.54) is 0 Å². The van der Waals surface area contributed by atoms with Crippen LogP contribution in [-0.4, -0.2) is 42.7 Å². The highest BCUT2D eigenvalue weighted by atomic mass is 127. The Labute approximate surface area is 265 Å². The van der Waals surface area contributed by atoms with Gasteiger partial charge in [-0.3, -0.25) is 9.59 Å². The first-order valence-corrected chi connectivity index (χ1v) is 18.9. The summed E-state index contributed by atoms with van der Waals surface area (Å²) in [5.74, 6) is -0.870. The summed E-state index contributed by atoms with van der Waals surface area (Å²) >= 11 is 9.24. The zero-order valence-electron chi connectivity index (χ0n) is 22.8. The zero-order chi connectivity index (χ0) is 29.6. The summed E-state index contributed by atoms with van der Waals surface area (Å²) in [5.41, 5.74) is 14.3. The smallest absolute Gasteiger partial charge is 0.250 e. The van der Waals surface area contributed by atoms with Crippen LogP contribution in [0.4, 0.5) is 0 Å². The number of hydrogen-bond acceptors (Lipinski definition) is 4. The zero-order valence-corrected chi connectivity index (χ0v) is 29.1. The van der Waals surface area contributed by atoms with Gasteiger partial charge in [0.15, 0.2) is 0 Å². The number of H-pyrrole nitrogens is 1. The van der Waals surface area contributed by atoms with Crippen molar-refractivity contribution in [1.29, 1.82) is 0 Å². The summed E-state index contributed by atoms with van der Waals surface area (Å²) in [6.07, 6.45) is 3.42. The Balaban J connectivity index is 0.000000225. The van der Waals surface area contributed by atoms with Gasteiger partial charge in [0.1, 0.15) is 6.73 Å². The number of aromatic nitrogens is 2. The van der Waals surface area contributed by atoms with E-state index in [-0.39, 0.29) is 0 Å². The number of halogens is 3. The van der Waals surface area contributed by atoms with Crippen LogP contribution in [0, 0.1) is 3.70 Å². The minimum absolute atomic E-state index is 0.421. The number of carbonyl (C=O) groups excluding carboxylic acids is 2. The molecule has 0 radical (unpaired) electrons. The van der Waals surface area contributed by atoms with Gasteiger partial charge in [-0.1, -0.05) is 51.5 Å². The lowest BCUT2D eigenvalue weighted by atomic mass is 10.1. The van der Waals surface area contributed by atoms with Crippen molar-refractivity contribution >= 4 is 102 Å². The molecular weight excluding hydrogens is 771 g/mol. The fraction of sp³-hybridized carbons (Fsp3) is 0.286. The fourth-order valence-corrected chi connectivity index (χ4v) is 6.22. The maximum absolute atomic E-state index is 11.7. The normalized spacial score (nSPS) is 11.7. The maximum atomic E-state index is 11.7. The second-order valence-corrected chi connectivity index (χ2v) is 18.6. The SMILES string of the molecule is CCO/C=C/c1cc2c(Br)ccc(C(N)=O)c2[nH]1.C[Si](C)(C)CCOCn1c(I)cc2c(Br)ccc(C(N)=O)c21. The lowest BCUT2D eigenvalue weighted by molar-refractivity contribution is 0.0883. The lowest BCUT2D eigenvalue weighted by Gasteiger charge is -2.16. The van der Waals surface area contributed by atoms with E-state index in [4.69, 9.17) is 20.9 Å². The van der Waals surface area contributed by atoms with E-state index in [1.54, 1.807) is 24.5 Å². The van der Waals surface area contributed by atoms with Crippen LogP contribution < -0.4 is 11.5 Å². The largest absolute Gasteiger partial charge is 0.501 e. The fourth-order valence-electron chi connectivity index (χ4n) is 3.89. The average Bonchev–Trinajstić information content (AvgIpc) is 3.44. The van der Waals surface area contributed by atoms with Gasteiger partial charge in [0.25, 0.3) is 11.8 Å². The molecule has 0 spiro atoms. The Morgan fingerprint density at radius 3 is 2.25 bits per heavy atom. The number of carbonyl (C=O) groups is 2. The van der Waals surface area contributed by atoms with Gasteiger partial charge in [0.05, 0.1) is 38.7 Å². The quantitative estimate of drug-likeness (QED) is 0.0667. The van der Waals surface area contributed by atoms with Crippen LogP contribution in [0.5, 0.6) is 0 Å². The van der Waals surface area contributed by atoms with Crippen LogP contribution in [0.25, 0.3) is 27.9 Å². The summed E-state index contributed by atoms with van der Waals surface area (Å²) in [7, 11) is -1.10. The summed E-state index contributed by atoms with van der Waals surface area (Å²) in [5, 5.41) is 1.90. The van der Waals surface area contributed by atoms with Crippen LogP contribution in [0.2, 0.25) is 25.7 Å². The van der Waals surface area contributed by atoms with E-state index >= 15 is 0 Å². The second-order valence-electron chi connectivity index (χ2n) is 10.2. The molecular formula is C28H33Br2IN4O4Si. The molecule has 2 aromatic heterocycles. The molecule has 0 saturated carbocycles. The number of nitrogens with one attached hydrogen (secondary N) is 1. The average molecular weight is 804 g/mol. The number of nitrogens with zero attached hydrogens (tertiary/aromatic N) is 1. The minimum atomic E-state index is -1.10. The molecule has 12 heteroatoms. The predicted octanol–water partition coefficient (Wildman–Crippen LogP) is 7.46. The number of amides is 2. The van der Waals surface area contributed by atoms with E-state index in [0.29, 0.717) is 24.5 Å². The minimum Gasteiger partial charge on any atom is -0.501 e. The highest BCUT2D eigenvalue weighted by Gasteiger charge is 2.17. The van der Waals surface area contributed by atoms with Gasteiger partial charge in [0, 0.05) is 40.1 Å². The number of primary amides is 2. The molecule has 0 unspecified atom stereocenters. The second kappa shape index (κ2) is 14.2. The Bertz CT molecular complexity index is 1560. The van der Waals surface area contributed by atoms with Crippen LogP contribution >= 0.6 is 54.5 Å². The van der Waals surface area contributed by atoms with Crippen LogP contribution in [-0.2, 0) is 16.2 Å². The Kier molecular flexibility index (Phi) is 11.5. The molecule has 2 heterocycles. The first-order chi connectivity index (χ1) is 18.8. The number of ether oxygens (including phenoxy) is 2. The molecule has 4 rings (SSSR count). The van der Waals surface area contributed by atoms with Crippen molar-refractivity contribution in [2.75, 3.05) is 13.2 Å². The number of rotatable bonds is 10. The third-order valence-corrected chi connectivity index (χ3v) is 9.96. The van der Waals surface area contributed by atoms with E-state index in [1.807, 2.05) is 35.8 Å². The maximum Gasteiger partial charge on any atom is 0.250 e. The van der Waals surface area contributed by atoms with E-state index < -0.39 is 19.9 Å². The number of aromatic amines is 1. The Morgan fingerprint density at radius 2 is 1.65 bits per heavy atom. The third-order valence-electron chi connectivity index (χ3n) is 5.97. The molecule has 0 saturated heterocycles. The Hall–Kier alpha value is -2.13. The van der Waals surface area contributed by atoms with Crippen LogP contribution in [0.15, 0.2) is 51.6 Å². The monoisotopic (exact) mass is 802 g/mol. The molecule has 0 aliphatic heterocycles. The van der Waals surface area contributed by atoms with Crippen LogP contribution in [0.1, 0.15) is 33.3 Å². The van der Waals surface area contributed by atoms with Gasteiger partial charge in [-0.2, -0.15) is 0 Å². The molecule has 2 aromatic carbocycles. The van der Waals surface area contributed by atoms with Crippen molar-refractivity contribution in [2.45, 2.75) is 39.3 Å². The molecule has 0 atom stereocenters. The number of benzene rings is 2. The molecule has 4 aromatic rings. The number of fused-ring (bicyclic) bond motifs is 2. The first kappa shape index (κ1) is 32.4. The molecule has 8 nitrogen and oxygen atoms in total. The van der Waals surface area contributed by atoms with Gasteiger partial charge in [-0.15, -0.1) is 0 Å². The van der Waals surface area contributed by atoms with Crippen LogP contribution in [0.3, 0.4) is 0 Å². The number of nitrogens with two attached hydrogens (primary N) is 2. The van der Waals surface area contributed by atoms with Crippen molar-refractivity contribution in [2.24, 2.45) is 11.5 Å². The van der Waals surface area contributed by atoms with E-state index in [2.05, 4.69) is 79.1 Å².